The molecule has 13 aromatic carbocycles. The Bertz CT molecular complexity index is 4160. The second kappa shape index (κ2) is 17.9. The topological polar surface area (TPSA) is 3.24 Å². The van der Waals surface area contributed by atoms with E-state index in [0.29, 0.717) is 0 Å². The molecule has 1 heteroatoms. The summed E-state index contributed by atoms with van der Waals surface area (Å²) in [5.74, 6) is 0. The Balaban J connectivity index is 0.940. The van der Waals surface area contributed by atoms with Gasteiger partial charge in [-0.25, -0.2) is 0 Å². The highest BCUT2D eigenvalue weighted by molar-refractivity contribution is 6.22. The van der Waals surface area contributed by atoms with Crippen LogP contribution in [0.4, 0.5) is 17.1 Å². The van der Waals surface area contributed by atoms with Crippen molar-refractivity contribution in [2.45, 2.75) is 5.41 Å². The third-order valence-electron chi connectivity index (χ3n) is 15.5. The zero-order valence-corrected chi connectivity index (χ0v) is 40.7. The second-order valence-corrected chi connectivity index (χ2v) is 19.5. The molecule has 1 nitrogen and oxygen atoms in total. The number of hydrogen-bond donors (Lipinski definition) is 0. The minimum Gasteiger partial charge on any atom is -0.310 e. The van der Waals surface area contributed by atoms with E-state index < -0.39 is 5.41 Å². The van der Waals surface area contributed by atoms with Crippen LogP contribution in [0.2, 0.25) is 0 Å². The van der Waals surface area contributed by atoms with Gasteiger partial charge in [0.05, 0.1) is 5.41 Å². The van der Waals surface area contributed by atoms with E-state index in [1.165, 1.54) is 105 Å². The zero-order valence-electron chi connectivity index (χ0n) is 40.7. The molecule has 0 radical (unpaired) electrons. The summed E-state index contributed by atoms with van der Waals surface area (Å²) in [6, 6.07) is 110. The van der Waals surface area contributed by atoms with Crippen molar-refractivity contribution >= 4 is 49.4 Å². The van der Waals surface area contributed by atoms with Crippen molar-refractivity contribution in [2.75, 3.05) is 4.90 Å². The van der Waals surface area contributed by atoms with Gasteiger partial charge in [0.1, 0.15) is 0 Å². The van der Waals surface area contributed by atoms with Gasteiger partial charge in [0, 0.05) is 17.1 Å². The predicted octanol–water partition coefficient (Wildman–Crippen LogP) is 19.6. The molecule has 1 aliphatic rings. The summed E-state index contributed by atoms with van der Waals surface area (Å²) in [7, 11) is 0. The van der Waals surface area contributed by atoms with Gasteiger partial charge in [0.25, 0.3) is 0 Å². The Hall–Kier alpha value is -9.56. The molecule has 1 aliphatic carbocycles. The molecule has 0 saturated carbocycles. The molecule has 0 aromatic heterocycles. The monoisotopic (exact) mass is 939 g/mol. The summed E-state index contributed by atoms with van der Waals surface area (Å²) in [5.41, 5.74) is 20.1. The van der Waals surface area contributed by atoms with Crippen LogP contribution in [0.25, 0.3) is 88.0 Å². The first-order valence-corrected chi connectivity index (χ1v) is 25.7. The van der Waals surface area contributed by atoms with Gasteiger partial charge in [-0.3, -0.25) is 0 Å². The Morgan fingerprint density at radius 3 is 1.34 bits per heavy atom. The first-order valence-electron chi connectivity index (χ1n) is 25.7. The van der Waals surface area contributed by atoms with E-state index in [4.69, 9.17) is 0 Å². The number of anilines is 3. The lowest BCUT2D eigenvalue weighted by molar-refractivity contribution is 0.768. The number of hydrogen-bond acceptors (Lipinski definition) is 1. The van der Waals surface area contributed by atoms with Crippen molar-refractivity contribution < 1.29 is 0 Å². The van der Waals surface area contributed by atoms with Crippen LogP contribution < -0.4 is 4.90 Å². The van der Waals surface area contributed by atoms with Crippen LogP contribution in [0.15, 0.2) is 297 Å². The molecule has 14 rings (SSSR count). The maximum absolute atomic E-state index is 2.44. The van der Waals surface area contributed by atoms with Crippen molar-refractivity contribution in [1.29, 1.82) is 0 Å². The van der Waals surface area contributed by atoms with Gasteiger partial charge in [-0.05, 0) is 159 Å². The van der Waals surface area contributed by atoms with E-state index in [1.54, 1.807) is 0 Å². The van der Waals surface area contributed by atoms with Gasteiger partial charge in [-0.2, -0.15) is 0 Å². The van der Waals surface area contributed by atoms with E-state index in [-0.39, 0.29) is 0 Å². The van der Waals surface area contributed by atoms with E-state index >= 15 is 0 Å². The van der Waals surface area contributed by atoms with Crippen LogP contribution in [-0.2, 0) is 5.41 Å². The summed E-state index contributed by atoms with van der Waals surface area (Å²) in [4.78, 5) is 2.44. The van der Waals surface area contributed by atoms with Gasteiger partial charge in [-0.15, -0.1) is 0 Å². The fourth-order valence-electron chi connectivity index (χ4n) is 12.2. The van der Waals surface area contributed by atoms with Crippen LogP contribution in [0, 0.1) is 0 Å². The highest BCUT2D eigenvalue weighted by Crippen LogP contribution is 2.57. The normalized spacial score (nSPS) is 12.4. The average Bonchev–Trinajstić information content (AvgIpc) is 3.80. The second-order valence-electron chi connectivity index (χ2n) is 19.5. The molecule has 0 amide bonds. The van der Waals surface area contributed by atoms with Crippen LogP contribution in [0.5, 0.6) is 0 Å². The molecular formula is C73H49N. The lowest BCUT2D eigenvalue weighted by atomic mass is 9.68. The van der Waals surface area contributed by atoms with E-state index in [2.05, 4.69) is 302 Å². The number of nitrogens with zero attached hydrogens (tertiary/aromatic N) is 1. The molecule has 0 N–H and O–H groups in total. The quantitative estimate of drug-likeness (QED) is 0.130. The third-order valence-corrected chi connectivity index (χ3v) is 15.5. The van der Waals surface area contributed by atoms with Crippen LogP contribution >= 0.6 is 0 Å². The first-order chi connectivity index (χ1) is 36.7. The number of benzene rings is 13. The molecule has 0 saturated heterocycles. The largest absolute Gasteiger partial charge is 0.310 e. The molecule has 74 heavy (non-hydrogen) atoms. The van der Waals surface area contributed by atoms with Crippen molar-refractivity contribution in [3.05, 3.63) is 320 Å². The lowest BCUT2D eigenvalue weighted by Gasteiger charge is -2.34. The fraction of sp³-hybridized carbons (Fsp3) is 0.0137. The first kappa shape index (κ1) is 43.2. The molecule has 13 aromatic rings. The summed E-state index contributed by atoms with van der Waals surface area (Å²) in [6.07, 6.45) is 0. The Kier molecular flexibility index (Phi) is 10.5. The Labute approximate surface area is 432 Å². The predicted molar refractivity (Wildman–Crippen MR) is 313 cm³/mol. The van der Waals surface area contributed by atoms with Crippen molar-refractivity contribution in [3.8, 4) is 55.6 Å². The molecule has 0 spiro atoms. The maximum atomic E-state index is 2.44. The zero-order chi connectivity index (χ0) is 49.0. The molecule has 0 unspecified atom stereocenters. The fourth-order valence-corrected chi connectivity index (χ4v) is 12.2. The van der Waals surface area contributed by atoms with Crippen molar-refractivity contribution in [2.24, 2.45) is 0 Å². The van der Waals surface area contributed by atoms with Gasteiger partial charge < -0.3 is 4.90 Å². The molecular weight excluding hydrogens is 891 g/mol. The van der Waals surface area contributed by atoms with Gasteiger partial charge >= 0.3 is 0 Å². The van der Waals surface area contributed by atoms with Crippen LogP contribution in [0.1, 0.15) is 22.3 Å². The summed E-state index contributed by atoms with van der Waals surface area (Å²) in [6.45, 7) is 0. The van der Waals surface area contributed by atoms with Gasteiger partial charge in [0.15, 0.2) is 0 Å². The number of fused-ring (bicyclic) bond motifs is 7. The van der Waals surface area contributed by atoms with E-state index in [1.807, 2.05) is 0 Å². The maximum Gasteiger partial charge on any atom is 0.0713 e. The highest BCUT2D eigenvalue weighted by Gasteiger charge is 2.46. The van der Waals surface area contributed by atoms with E-state index in [0.717, 1.165) is 22.6 Å². The Morgan fingerprint density at radius 2 is 0.662 bits per heavy atom. The molecule has 0 bridgehead atoms. The van der Waals surface area contributed by atoms with Gasteiger partial charge in [0.2, 0.25) is 0 Å². The smallest absolute Gasteiger partial charge is 0.0713 e. The molecule has 0 atom stereocenters. The van der Waals surface area contributed by atoms with E-state index in [9.17, 15) is 0 Å². The molecule has 0 aliphatic heterocycles. The minimum absolute atomic E-state index is 0.479. The standard InChI is InChI=1S/C73H49N/c1-6-20-50(21-7-1)54-34-35-56-47-61(42-38-55(56)46-54)74(62-43-45-70-67(49-62)65-31-18-19-33-69(65)73(70,58-26-12-4-13-27-58)59-28-14-5-15-29-59)60-40-36-51(37-41-60)57-39-44-64-63-30-16-17-32-66(63)71(52-22-8-2-9-23-52)72(68(64)48-57)53-24-10-3-11-25-53/h1-49H. The summed E-state index contributed by atoms with van der Waals surface area (Å²) < 4.78 is 0. The van der Waals surface area contributed by atoms with Crippen LogP contribution in [0.3, 0.4) is 0 Å². The van der Waals surface area contributed by atoms with Gasteiger partial charge in [-0.1, -0.05) is 249 Å². The van der Waals surface area contributed by atoms with Crippen LogP contribution in [-0.4, -0.2) is 0 Å². The average molecular weight is 940 g/mol. The lowest BCUT2D eigenvalue weighted by Crippen LogP contribution is -2.28. The molecule has 0 fully saturated rings. The third kappa shape index (κ3) is 7.08. The highest BCUT2D eigenvalue weighted by atomic mass is 15.1. The van der Waals surface area contributed by atoms with Crippen molar-refractivity contribution in [1.82, 2.24) is 0 Å². The SMILES string of the molecule is c1ccc(-c2ccc3cc(N(c4ccc(-c5ccc6c(c5)c(-c5ccccc5)c(-c5ccccc5)c5ccccc56)cc4)c4ccc5c(c4)-c4ccccc4C5(c4ccccc4)c4ccccc4)ccc3c2)cc1. The summed E-state index contributed by atoms with van der Waals surface area (Å²) >= 11 is 0. The van der Waals surface area contributed by atoms with Crippen molar-refractivity contribution in [3.63, 3.8) is 0 Å². The molecule has 0 heterocycles. The Morgan fingerprint density at radius 1 is 0.230 bits per heavy atom. The summed E-state index contributed by atoms with van der Waals surface area (Å²) in [5, 5.41) is 7.40. The minimum atomic E-state index is -0.479. The molecule has 346 valence electrons. The number of rotatable bonds is 9.